The largest absolute Gasteiger partial charge is 0.353 e. The highest BCUT2D eigenvalue weighted by atomic mass is 32.2. The molecule has 0 aliphatic carbocycles. The zero-order chi connectivity index (χ0) is 10.4. The zero-order valence-electron chi connectivity index (χ0n) is 7.55. The van der Waals surface area contributed by atoms with E-state index in [1.807, 2.05) is 29.1 Å². The van der Waals surface area contributed by atoms with Crippen LogP contribution in [0.2, 0.25) is 0 Å². The molecule has 0 aliphatic heterocycles. The predicted octanol–water partition coefficient (Wildman–Crippen LogP) is -0.0689. The molecule has 6 heteroatoms. The van der Waals surface area contributed by atoms with Crippen molar-refractivity contribution in [2.24, 2.45) is 0 Å². The molecule has 0 saturated heterocycles. The van der Waals surface area contributed by atoms with E-state index in [0.717, 1.165) is 0 Å². The molecule has 0 unspecified atom stereocenters. The lowest BCUT2D eigenvalue weighted by atomic mass is 10.6. The summed E-state index contributed by atoms with van der Waals surface area (Å²) in [5, 5.41) is 8.21. The van der Waals surface area contributed by atoms with Gasteiger partial charge < -0.3 is 4.57 Å². The van der Waals surface area contributed by atoms with Crippen LogP contribution in [-0.2, 0) is 16.6 Å². The number of nitrogens with one attached hydrogen (secondary N) is 1. The van der Waals surface area contributed by atoms with Crippen molar-refractivity contribution < 1.29 is 8.42 Å². The monoisotopic (exact) mass is 213 g/mol. The molecule has 0 spiro atoms. The summed E-state index contributed by atoms with van der Waals surface area (Å²) in [4.78, 5) is 0. The Morgan fingerprint density at radius 3 is 2.57 bits per heavy atom. The van der Waals surface area contributed by atoms with Gasteiger partial charge in [0.25, 0.3) is 0 Å². The van der Waals surface area contributed by atoms with E-state index in [-0.39, 0.29) is 0 Å². The second-order valence-corrected chi connectivity index (χ2v) is 4.54. The Hall–Kier alpha value is -1.32. The molecule has 5 nitrogen and oxygen atoms in total. The Kier molecular flexibility index (Phi) is 3.68. The van der Waals surface area contributed by atoms with E-state index < -0.39 is 15.8 Å². The van der Waals surface area contributed by atoms with Crippen molar-refractivity contribution in [1.82, 2.24) is 9.29 Å². The van der Waals surface area contributed by atoms with Gasteiger partial charge >= 0.3 is 0 Å². The smallest absolute Gasteiger partial charge is 0.225 e. The molecule has 1 aromatic heterocycles. The van der Waals surface area contributed by atoms with Gasteiger partial charge in [-0.1, -0.05) is 0 Å². The standard InChI is InChI=1S/C8H11N3O2S/c9-3-8-14(12,13)10-4-7-11-5-1-2-6-11/h1-2,5-6,10H,4,7-8H2. The van der Waals surface area contributed by atoms with Gasteiger partial charge in [0.05, 0.1) is 6.07 Å². The SMILES string of the molecule is N#CCS(=O)(=O)NCCn1cccc1. The van der Waals surface area contributed by atoms with Crippen molar-refractivity contribution in [3.63, 3.8) is 0 Å². The molecule has 0 radical (unpaired) electrons. The number of rotatable bonds is 5. The number of hydrogen-bond donors (Lipinski definition) is 1. The molecule has 0 fully saturated rings. The molecule has 1 N–H and O–H groups in total. The lowest BCUT2D eigenvalue weighted by Gasteiger charge is -2.04. The Bertz CT molecular complexity index is 402. The lowest BCUT2D eigenvalue weighted by molar-refractivity contribution is 0.576. The first-order valence-electron chi connectivity index (χ1n) is 4.09. The highest BCUT2D eigenvalue weighted by Gasteiger charge is 2.07. The van der Waals surface area contributed by atoms with Crippen LogP contribution in [0.15, 0.2) is 24.5 Å². The maximum Gasteiger partial charge on any atom is 0.225 e. The first-order chi connectivity index (χ1) is 6.64. The molecule has 0 amide bonds. The molecule has 14 heavy (non-hydrogen) atoms. The van der Waals surface area contributed by atoms with Crippen molar-refractivity contribution in [3.05, 3.63) is 24.5 Å². The lowest BCUT2D eigenvalue weighted by Crippen LogP contribution is -2.28. The van der Waals surface area contributed by atoms with Crippen LogP contribution >= 0.6 is 0 Å². The number of aromatic nitrogens is 1. The topological polar surface area (TPSA) is 74.9 Å². The van der Waals surface area contributed by atoms with Crippen molar-refractivity contribution in [1.29, 1.82) is 5.26 Å². The first-order valence-corrected chi connectivity index (χ1v) is 5.74. The van der Waals surface area contributed by atoms with Crippen molar-refractivity contribution in [2.45, 2.75) is 6.54 Å². The minimum absolute atomic E-state index is 0.304. The van der Waals surface area contributed by atoms with Crippen molar-refractivity contribution in [3.8, 4) is 6.07 Å². The average Bonchev–Trinajstić information content (AvgIpc) is 2.56. The summed E-state index contributed by atoms with van der Waals surface area (Å²) in [5.74, 6) is -0.487. The molecule has 0 saturated carbocycles. The summed E-state index contributed by atoms with van der Waals surface area (Å²) < 4.78 is 26.2. The van der Waals surface area contributed by atoms with Crippen LogP contribution in [0.5, 0.6) is 0 Å². The fourth-order valence-corrected chi connectivity index (χ4v) is 1.66. The van der Waals surface area contributed by atoms with Crippen LogP contribution in [0.1, 0.15) is 0 Å². The highest BCUT2D eigenvalue weighted by Crippen LogP contribution is 1.89. The average molecular weight is 213 g/mol. The molecule has 0 bridgehead atoms. The van der Waals surface area contributed by atoms with E-state index >= 15 is 0 Å². The molecule has 76 valence electrons. The first kappa shape index (κ1) is 10.8. The third-order valence-corrected chi connectivity index (χ3v) is 2.77. The van der Waals surface area contributed by atoms with Crippen LogP contribution in [-0.4, -0.2) is 25.3 Å². The third-order valence-electron chi connectivity index (χ3n) is 1.61. The Balaban J connectivity index is 2.32. The van der Waals surface area contributed by atoms with Gasteiger partial charge in [-0.15, -0.1) is 0 Å². The predicted molar refractivity (Wildman–Crippen MR) is 51.8 cm³/mol. The molecule has 1 heterocycles. The molecular weight excluding hydrogens is 202 g/mol. The molecule has 1 aromatic rings. The van der Waals surface area contributed by atoms with E-state index in [4.69, 9.17) is 5.26 Å². The summed E-state index contributed by atoms with van der Waals surface area (Å²) in [5.41, 5.74) is 0. The van der Waals surface area contributed by atoms with E-state index in [1.165, 1.54) is 0 Å². The van der Waals surface area contributed by atoms with Gasteiger partial charge in [0, 0.05) is 25.5 Å². The van der Waals surface area contributed by atoms with E-state index in [2.05, 4.69) is 4.72 Å². The Labute approximate surface area is 83.0 Å². The zero-order valence-corrected chi connectivity index (χ0v) is 8.37. The van der Waals surface area contributed by atoms with E-state index in [0.29, 0.717) is 13.1 Å². The third kappa shape index (κ3) is 3.60. The fraction of sp³-hybridized carbons (Fsp3) is 0.375. The summed E-state index contributed by atoms with van der Waals surface area (Å²) in [6.07, 6.45) is 3.69. The second kappa shape index (κ2) is 4.79. The molecular formula is C8H11N3O2S. The summed E-state index contributed by atoms with van der Waals surface area (Å²) in [7, 11) is -3.41. The van der Waals surface area contributed by atoms with Crippen molar-refractivity contribution in [2.75, 3.05) is 12.3 Å². The Morgan fingerprint density at radius 1 is 1.36 bits per heavy atom. The van der Waals surface area contributed by atoms with Crippen LogP contribution in [0.25, 0.3) is 0 Å². The minimum atomic E-state index is -3.41. The van der Waals surface area contributed by atoms with Gasteiger partial charge in [0.15, 0.2) is 5.75 Å². The van der Waals surface area contributed by atoms with Gasteiger partial charge in [0.1, 0.15) is 0 Å². The summed E-state index contributed by atoms with van der Waals surface area (Å²) in [6, 6.07) is 5.32. The van der Waals surface area contributed by atoms with Gasteiger partial charge in [0.2, 0.25) is 10.0 Å². The van der Waals surface area contributed by atoms with Crippen LogP contribution in [0.3, 0.4) is 0 Å². The van der Waals surface area contributed by atoms with Crippen LogP contribution in [0.4, 0.5) is 0 Å². The van der Waals surface area contributed by atoms with Crippen LogP contribution < -0.4 is 4.72 Å². The normalized spacial score (nSPS) is 11.1. The van der Waals surface area contributed by atoms with Crippen LogP contribution in [0, 0.1) is 11.3 Å². The van der Waals surface area contributed by atoms with Gasteiger partial charge in [-0.2, -0.15) is 5.26 Å². The number of nitriles is 1. The number of nitrogens with zero attached hydrogens (tertiary/aromatic N) is 2. The van der Waals surface area contributed by atoms with E-state index in [9.17, 15) is 8.42 Å². The molecule has 0 aromatic carbocycles. The van der Waals surface area contributed by atoms with Gasteiger partial charge in [-0.05, 0) is 12.1 Å². The summed E-state index contributed by atoms with van der Waals surface area (Å²) >= 11 is 0. The number of hydrogen-bond acceptors (Lipinski definition) is 3. The second-order valence-electron chi connectivity index (χ2n) is 2.73. The quantitative estimate of drug-likeness (QED) is 0.744. The van der Waals surface area contributed by atoms with Gasteiger partial charge in [-0.25, -0.2) is 13.1 Å². The highest BCUT2D eigenvalue weighted by molar-refractivity contribution is 7.89. The molecule has 0 aliphatic rings. The van der Waals surface area contributed by atoms with Gasteiger partial charge in [-0.3, -0.25) is 0 Å². The van der Waals surface area contributed by atoms with E-state index in [1.54, 1.807) is 6.07 Å². The Morgan fingerprint density at radius 2 is 2.00 bits per heavy atom. The maximum absolute atomic E-state index is 11.0. The van der Waals surface area contributed by atoms with Crippen molar-refractivity contribution >= 4 is 10.0 Å². The maximum atomic E-state index is 11.0. The molecule has 1 rings (SSSR count). The number of sulfonamides is 1. The minimum Gasteiger partial charge on any atom is -0.353 e. The fourth-order valence-electron chi connectivity index (χ4n) is 0.985. The summed E-state index contributed by atoms with van der Waals surface area (Å²) in [6.45, 7) is 0.871. The molecule has 0 atom stereocenters.